The quantitative estimate of drug-likeness (QED) is 0.186. The van der Waals surface area contributed by atoms with Crippen LogP contribution in [0.4, 0.5) is 8.78 Å². The summed E-state index contributed by atoms with van der Waals surface area (Å²) in [7, 11) is 0. The van der Waals surface area contributed by atoms with E-state index < -0.39 is 11.6 Å². The van der Waals surface area contributed by atoms with E-state index in [0.717, 1.165) is 28.2 Å². The van der Waals surface area contributed by atoms with Crippen LogP contribution in [0.25, 0.3) is 37.6 Å². The van der Waals surface area contributed by atoms with Crippen molar-refractivity contribution in [1.29, 1.82) is 0 Å². The third-order valence-corrected chi connectivity index (χ3v) is 9.11. The van der Waals surface area contributed by atoms with Crippen LogP contribution >= 0.6 is 45.3 Å². The Morgan fingerprint density at radius 3 is 1.08 bits per heavy atom. The highest BCUT2D eigenvalue weighted by molar-refractivity contribution is 7.42. The maximum Gasteiger partial charge on any atom is 0.179 e. The molecule has 2 heterocycles. The highest BCUT2D eigenvalue weighted by atomic mass is 32.1. The fraction of sp³-hybridized carbons (Fsp3) is 0. The van der Waals surface area contributed by atoms with Crippen LogP contribution in [-0.4, -0.2) is 0 Å². The van der Waals surface area contributed by atoms with Crippen LogP contribution in [-0.2, 0) is 0 Å². The van der Waals surface area contributed by atoms with Gasteiger partial charge in [0, 0.05) is 18.8 Å². The van der Waals surface area contributed by atoms with E-state index in [1.54, 1.807) is 0 Å². The van der Waals surface area contributed by atoms with Crippen molar-refractivity contribution in [1.82, 2.24) is 0 Å². The lowest BCUT2D eigenvalue weighted by molar-refractivity contribution is 0.527. The number of rotatable bonds is 0. The van der Waals surface area contributed by atoms with Crippen LogP contribution in [0.5, 0.6) is 0 Å². The van der Waals surface area contributed by atoms with E-state index in [-0.39, 0.29) is 0 Å². The summed E-state index contributed by atoms with van der Waals surface area (Å²) >= 11 is 5.70. The van der Waals surface area contributed by atoms with Crippen molar-refractivity contribution >= 4 is 82.9 Å². The molecule has 3 aromatic carbocycles. The van der Waals surface area contributed by atoms with Crippen LogP contribution in [0.2, 0.25) is 0 Å². The first-order valence-electron chi connectivity index (χ1n) is 7.17. The zero-order valence-electron chi connectivity index (χ0n) is 12.0. The van der Waals surface area contributed by atoms with Gasteiger partial charge in [-0.1, -0.05) is 24.3 Å². The summed E-state index contributed by atoms with van der Waals surface area (Å²) in [6.07, 6.45) is 0. The van der Waals surface area contributed by atoms with Crippen LogP contribution in [0.3, 0.4) is 0 Å². The minimum Gasteiger partial charge on any atom is -0.202 e. The Labute approximate surface area is 151 Å². The molecule has 24 heavy (non-hydrogen) atoms. The summed E-state index contributed by atoms with van der Waals surface area (Å²) in [6.45, 7) is 0. The van der Waals surface area contributed by atoms with Crippen molar-refractivity contribution in [3.63, 3.8) is 0 Å². The Morgan fingerprint density at radius 2 is 0.750 bits per heavy atom. The Kier molecular flexibility index (Phi) is 3.35. The molecule has 0 spiro atoms. The predicted octanol–water partition coefficient (Wildman–Crippen LogP) is 7.95. The van der Waals surface area contributed by atoms with E-state index in [1.165, 1.54) is 45.3 Å². The minimum atomic E-state index is -0.733. The van der Waals surface area contributed by atoms with Gasteiger partial charge in [0.1, 0.15) is 0 Å². The molecule has 5 aromatic rings. The Morgan fingerprint density at radius 1 is 0.458 bits per heavy atom. The summed E-state index contributed by atoms with van der Waals surface area (Å²) in [5, 5.41) is 0. The first kappa shape index (κ1) is 14.7. The predicted molar refractivity (Wildman–Crippen MR) is 106 cm³/mol. The molecule has 0 nitrogen and oxygen atoms in total. The Balaban J connectivity index is 2.08. The molecule has 0 aliphatic rings. The lowest BCUT2D eigenvalue weighted by Crippen LogP contribution is -1.86. The highest BCUT2D eigenvalue weighted by Gasteiger charge is 2.18. The van der Waals surface area contributed by atoms with Gasteiger partial charge < -0.3 is 0 Å². The molecular weight excluding hydrogens is 382 g/mol. The molecule has 0 unspecified atom stereocenters. The zero-order chi connectivity index (χ0) is 16.3. The maximum atomic E-state index is 14.7. The monoisotopic (exact) mass is 390 g/mol. The normalized spacial score (nSPS) is 11.8. The van der Waals surface area contributed by atoms with Crippen molar-refractivity contribution < 1.29 is 8.78 Å². The second-order valence-corrected chi connectivity index (χ2v) is 9.45. The van der Waals surface area contributed by atoms with Gasteiger partial charge in [-0.3, -0.25) is 0 Å². The van der Waals surface area contributed by atoms with E-state index >= 15 is 0 Å². The first-order valence-corrected chi connectivity index (χ1v) is 10.4. The van der Waals surface area contributed by atoms with Crippen molar-refractivity contribution in [2.45, 2.75) is 0 Å². The molecule has 0 amide bonds. The van der Waals surface area contributed by atoms with Gasteiger partial charge in [-0.15, -0.1) is 45.3 Å². The summed E-state index contributed by atoms with van der Waals surface area (Å²) in [4.78, 5) is 0. The van der Waals surface area contributed by atoms with Crippen molar-refractivity contribution in [3.05, 3.63) is 60.2 Å². The SMILES string of the molecule is Fc1c(F)c2sc3ccccc3sc2c2sc3ccccc3sc12. The first-order chi connectivity index (χ1) is 11.7. The van der Waals surface area contributed by atoms with Crippen molar-refractivity contribution in [2.24, 2.45) is 0 Å². The third kappa shape index (κ3) is 2.10. The van der Waals surface area contributed by atoms with Crippen molar-refractivity contribution in [2.75, 3.05) is 0 Å². The van der Waals surface area contributed by atoms with Crippen LogP contribution < -0.4 is 0 Å². The topological polar surface area (TPSA) is 0 Å². The fourth-order valence-corrected chi connectivity index (χ4v) is 7.67. The van der Waals surface area contributed by atoms with Crippen LogP contribution in [0.1, 0.15) is 0 Å². The molecule has 0 saturated heterocycles. The lowest BCUT2D eigenvalue weighted by Gasteiger charge is -2.08. The molecule has 2 aromatic heterocycles. The van der Waals surface area contributed by atoms with Gasteiger partial charge in [0.2, 0.25) is 0 Å². The maximum absolute atomic E-state index is 14.7. The van der Waals surface area contributed by atoms with Gasteiger partial charge in [0.25, 0.3) is 0 Å². The van der Waals surface area contributed by atoms with E-state index in [1.807, 2.05) is 48.5 Å². The number of fused-ring (bicyclic) bond motifs is 5. The number of halogens is 2. The molecule has 0 fully saturated rings. The zero-order valence-corrected chi connectivity index (χ0v) is 15.3. The molecule has 0 N–H and O–H groups in total. The molecule has 0 aliphatic heterocycles. The Hall–Kier alpha value is -1.60. The average Bonchev–Trinajstić information content (AvgIpc) is 2.64. The molecule has 0 radical (unpaired) electrons. The fourth-order valence-electron chi connectivity index (χ4n) is 2.65. The Bertz CT molecular complexity index is 1180. The molecule has 0 bridgehead atoms. The molecule has 0 atom stereocenters. The van der Waals surface area contributed by atoms with E-state index in [0.29, 0.717) is 9.40 Å². The summed E-state index contributed by atoms with van der Waals surface area (Å²) < 4.78 is 36.0. The van der Waals surface area contributed by atoms with Gasteiger partial charge >= 0.3 is 0 Å². The number of hydrogen-bond acceptors (Lipinski definition) is 4. The third-order valence-electron chi connectivity index (χ3n) is 3.76. The van der Waals surface area contributed by atoms with Gasteiger partial charge in [0.05, 0.1) is 18.8 Å². The second-order valence-electron chi connectivity index (χ2n) is 5.25. The molecule has 118 valence electrons. The summed E-state index contributed by atoms with van der Waals surface area (Å²) in [5.74, 6) is -1.47. The van der Waals surface area contributed by atoms with E-state index in [4.69, 9.17) is 0 Å². The molecule has 0 saturated carbocycles. The standard InChI is InChI=1S/C18H8F2S4/c19-13-14(20)16-18(24-12-8-4-2-6-10(12)22-16)17-15(13)21-9-5-1-3-7-11(9)23-17/h1-8H. The molecule has 0 aliphatic carbocycles. The van der Waals surface area contributed by atoms with Crippen molar-refractivity contribution in [3.8, 4) is 0 Å². The number of hydrogen-bond donors (Lipinski definition) is 0. The number of benzene rings is 3. The summed E-state index contributed by atoms with van der Waals surface area (Å²) in [5.41, 5.74) is 0. The lowest BCUT2D eigenvalue weighted by atomic mass is 10.3. The van der Waals surface area contributed by atoms with Gasteiger partial charge in [-0.05, 0) is 24.3 Å². The van der Waals surface area contributed by atoms with Gasteiger partial charge in [0.15, 0.2) is 11.6 Å². The molecule has 5 rings (SSSR count). The van der Waals surface area contributed by atoms with E-state index in [9.17, 15) is 8.78 Å². The highest BCUT2D eigenvalue weighted by Crippen LogP contribution is 2.45. The summed E-state index contributed by atoms with van der Waals surface area (Å²) in [6, 6.07) is 15.7. The smallest absolute Gasteiger partial charge is 0.179 e. The van der Waals surface area contributed by atoms with Crippen LogP contribution in [0, 0.1) is 11.6 Å². The van der Waals surface area contributed by atoms with Gasteiger partial charge in [-0.25, -0.2) is 8.78 Å². The molecular formula is C18H8F2S4. The van der Waals surface area contributed by atoms with Crippen LogP contribution in [0.15, 0.2) is 48.5 Å². The largest absolute Gasteiger partial charge is 0.202 e. The molecule has 6 heteroatoms. The van der Waals surface area contributed by atoms with E-state index in [2.05, 4.69) is 0 Å². The second kappa shape index (κ2) is 5.46. The average molecular weight is 391 g/mol. The minimum absolute atomic E-state index is 0.405. The van der Waals surface area contributed by atoms with Gasteiger partial charge in [-0.2, -0.15) is 0 Å².